The Kier molecular flexibility index (Phi) is 12.3. The van der Waals surface area contributed by atoms with Crippen molar-refractivity contribution in [1.29, 1.82) is 0 Å². The predicted molar refractivity (Wildman–Crippen MR) is 102 cm³/mol. The summed E-state index contributed by atoms with van der Waals surface area (Å²) in [6, 6.07) is 0. The number of hydrogen-bond acceptors (Lipinski definition) is 4. The van der Waals surface area contributed by atoms with Crippen LogP contribution in [0.2, 0.25) is 0 Å². The van der Waals surface area contributed by atoms with Crippen LogP contribution in [-0.4, -0.2) is 25.2 Å². The molecule has 0 radical (unpaired) electrons. The van der Waals surface area contributed by atoms with E-state index in [1.165, 1.54) is 0 Å². The molecule has 146 valence electrons. The fourth-order valence-corrected chi connectivity index (χ4v) is 2.35. The highest BCUT2D eigenvalue weighted by Crippen LogP contribution is 2.29. The zero-order chi connectivity index (χ0) is 19.3. The summed E-state index contributed by atoms with van der Waals surface area (Å²) in [4.78, 5) is 25.2. The van der Waals surface area contributed by atoms with Crippen molar-refractivity contribution in [2.45, 2.75) is 92.9 Å². The molecule has 0 unspecified atom stereocenters. The zero-order valence-electron chi connectivity index (χ0n) is 17.2. The van der Waals surface area contributed by atoms with Crippen LogP contribution < -0.4 is 0 Å². The third-order valence-electron chi connectivity index (χ3n) is 3.81. The zero-order valence-corrected chi connectivity index (χ0v) is 17.2. The van der Waals surface area contributed by atoms with E-state index in [1.54, 1.807) is 0 Å². The highest BCUT2D eigenvalue weighted by molar-refractivity contribution is 6.00. The summed E-state index contributed by atoms with van der Waals surface area (Å²) < 4.78 is 10.8. The first-order valence-electron chi connectivity index (χ1n) is 9.83. The number of unbranched alkanes of at least 4 members (excludes halogenated alkanes) is 3. The molecule has 0 atom stereocenters. The lowest BCUT2D eigenvalue weighted by molar-refractivity contribution is -0.143. The van der Waals surface area contributed by atoms with Crippen molar-refractivity contribution in [3.05, 3.63) is 11.1 Å². The molecular weight excluding hydrogens is 316 g/mol. The Bertz CT molecular complexity index is 430. The van der Waals surface area contributed by atoms with E-state index in [4.69, 9.17) is 9.47 Å². The monoisotopic (exact) mass is 354 g/mol. The summed E-state index contributed by atoms with van der Waals surface area (Å²) in [5.74, 6) is -0.712. The van der Waals surface area contributed by atoms with Crippen molar-refractivity contribution in [1.82, 2.24) is 0 Å². The van der Waals surface area contributed by atoms with Gasteiger partial charge in [-0.25, -0.2) is 9.59 Å². The van der Waals surface area contributed by atoms with E-state index < -0.39 is 0 Å². The fraction of sp³-hybridized carbons (Fsp3) is 0.810. The molecule has 0 aliphatic carbocycles. The van der Waals surface area contributed by atoms with E-state index >= 15 is 0 Å². The van der Waals surface area contributed by atoms with Gasteiger partial charge in [-0.05, 0) is 37.5 Å². The minimum absolute atomic E-state index is 0.111. The van der Waals surface area contributed by atoms with Gasteiger partial charge in [0.2, 0.25) is 0 Å². The molecule has 4 nitrogen and oxygen atoms in total. The second kappa shape index (κ2) is 13.0. The number of hydrogen-bond donors (Lipinski definition) is 0. The first-order chi connectivity index (χ1) is 11.8. The third-order valence-corrected chi connectivity index (χ3v) is 3.81. The smallest absolute Gasteiger partial charge is 0.334 e. The van der Waals surface area contributed by atoms with E-state index in [2.05, 4.69) is 41.5 Å². The maximum absolute atomic E-state index is 12.6. The molecule has 0 aromatic carbocycles. The predicted octanol–water partition coefficient (Wildman–Crippen LogP) is 5.60. The standard InChI is InChI=1S/C21H38O4/c1-7-10-13-17(19(22)24-14-11-8-2)18(16-21(4,5)6)20(23)25-15-12-9-3/h7-16H2,1-6H3/b18-17-. The third kappa shape index (κ3) is 11.0. The van der Waals surface area contributed by atoms with Crippen LogP contribution in [0.15, 0.2) is 11.1 Å². The summed E-state index contributed by atoms with van der Waals surface area (Å²) in [5.41, 5.74) is 0.897. The molecule has 0 aliphatic heterocycles. The SMILES string of the molecule is CCCCOC(=O)/C(CCCC)=C(/CC(C)(C)C)C(=O)OCCCC. The van der Waals surface area contributed by atoms with Gasteiger partial charge in [-0.3, -0.25) is 0 Å². The number of carbonyl (C=O) groups is 2. The van der Waals surface area contributed by atoms with Crippen LogP contribution in [0, 0.1) is 5.41 Å². The quantitative estimate of drug-likeness (QED) is 0.260. The average Bonchev–Trinajstić information content (AvgIpc) is 2.53. The minimum atomic E-state index is -0.359. The average molecular weight is 355 g/mol. The van der Waals surface area contributed by atoms with Gasteiger partial charge in [0.15, 0.2) is 0 Å². The normalized spacial score (nSPS) is 12.6. The molecule has 4 heteroatoms. The van der Waals surface area contributed by atoms with E-state index in [9.17, 15) is 9.59 Å². The first-order valence-corrected chi connectivity index (χ1v) is 9.83. The van der Waals surface area contributed by atoms with Gasteiger partial charge in [0.25, 0.3) is 0 Å². The maximum atomic E-state index is 12.6. The Morgan fingerprint density at radius 2 is 1.16 bits per heavy atom. The number of rotatable bonds is 12. The largest absolute Gasteiger partial charge is 0.462 e. The van der Waals surface area contributed by atoms with Gasteiger partial charge >= 0.3 is 11.9 Å². The van der Waals surface area contributed by atoms with Gasteiger partial charge in [-0.15, -0.1) is 0 Å². The molecular formula is C21H38O4. The molecule has 25 heavy (non-hydrogen) atoms. The molecule has 0 saturated carbocycles. The van der Waals surface area contributed by atoms with Gasteiger partial charge in [-0.1, -0.05) is 60.8 Å². The molecule has 0 spiro atoms. The van der Waals surface area contributed by atoms with E-state index in [0.29, 0.717) is 37.2 Å². The Morgan fingerprint density at radius 3 is 1.56 bits per heavy atom. The van der Waals surface area contributed by atoms with Crippen LogP contribution in [0.4, 0.5) is 0 Å². The summed E-state index contributed by atoms with van der Waals surface area (Å²) in [5, 5.41) is 0. The van der Waals surface area contributed by atoms with E-state index in [1.807, 2.05) is 0 Å². The van der Waals surface area contributed by atoms with Crippen LogP contribution >= 0.6 is 0 Å². The lowest BCUT2D eigenvalue weighted by Crippen LogP contribution is -2.21. The number of carbonyl (C=O) groups excluding carboxylic acids is 2. The molecule has 0 aromatic heterocycles. The molecule has 0 fully saturated rings. The van der Waals surface area contributed by atoms with Crippen LogP contribution in [0.3, 0.4) is 0 Å². The topological polar surface area (TPSA) is 52.6 Å². The Balaban J connectivity index is 5.52. The number of ether oxygens (including phenoxy) is 2. The van der Waals surface area contributed by atoms with Crippen molar-refractivity contribution in [2.24, 2.45) is 5.41 Å². The summed E-state index contributed by atoms with van der Waals surface area (Å²) in [6.07, 6.45) is 6.49. The van der Waals surface area contributed by atoms with Crippen LogP contribution in [0.1, 0.15) is 92.9 Å². The van der Waals surface area contributed by atoms with Gasteiger partial charge in [-0.2, -0.15) is 0 Å². The first kappa shape index (κ1) is 23.7. The van der Waals surface area contributed by atoms with Crippen LogP contribution in [0.5, 0.6) is 0 Å². The van der Waals surface area contributed by atoms with Gasteiger partial charge in [0, 0.05) is 11.1 Å². The second-order valence-corrected chi connectivity index (χ2v) is 7.78. The molecule has 0 heterocycles. The summed E-state index contributed by atoms with van der Waals surface area (Å²) in [6.45, 7) is 13.2. The van der Waals surface area contributed by atoms with Crippen molar-refractivity contribution in [2.75, 3.05) is 13.2 Å². The van der Waals surface area contributed by atoms with Crippen molar-refractivity contribution in [3.8, 4) is 0 Å². The second-order valence-electron chi connectivity index (χ2n) is 7.78. The summed E-state index contributed by atoms with van der Waals surface area (Å²) in [7, 11) is 0. The van der Waals surface area contributed by atoms with Crippen LogP contribution in [-0.2, 0) is 19.1 Å². The van der Waals surface area contributed by atoms with Gasteiger partial charge in [0.1, 0.15) is 0 Å². The molecule has 0 N–H and O–H groups in total. The Morgan fingerprint density at radius 1 is 0.720 bits per heavy atom. The lowest BCUT2D eigenvalue weighted by atomic mass is 9.85. The molecule has 0 aromatic rings. The minimum Gasteiger partial charge on any atom is -0.462 e. The molecule has 0 saturated heterocycles. The Hall–Kier alpha value is -1.32. The molecule has 0 bridgehead atoms. The van der Waals surface area contributed by atoms with Crippen LogP contribution in [0.25, 0.3) is 0 Å². The van der Waals surface area contributed by atoms with E-state index in [-0.39, 0.29) is 17.4 Å². The molecule has 0 rings (SSSR count). The number of esters is 2. The summed E-state index contributed by atoms with van der Waals surface area (Å²) >= 11 is 0. The fourth-order valence-electron chi connectivity index (χ4n) is 2.35. The lowest BCUT2D eigenvalue weighted by Gasteiger charge is -2.22. The van der Waals surface area contributed by atoms with Crippen molar-refractivity contribution in [3.63, 3.8) is 0 Å². The highest BCUT2D eigenvalue weighted by Gasteiger charge is 2.27. The molecule has 0 amide bonds. The van der Waals surface area contributed by atoms with Gasteiger partial charge < -0.3 is 9.47 Å². The van der Waals surface area contributed by atoms with Crippen molar-refractivity contribution < 1.29 is 19.1 Å². The molecule has 0 aliphatic rings. The van der Waals surface area contributed by atoms with E-state index in [0.717, 1.165) is 38.5 Å². The highest BCUT2D eigenvalue weighted by atomic mass is 16.5. The Labute approximate surface area is 154 Å². The van der Waals surface area contributed by atoms with Gasteiger partial charge in [0.05, 0.1) is 13.2 Å². The maximum Gasteiger partial charge on any atom is 0.334 e. The van der Waals surface area contributed by atoms with Crippen molar-refractivity contribution >= 4 is 11.9 Å².